The molecule has 1 rings (SSSR count). The van der Waals surface area contributed by atoms with Gasteiger partial charge in [-0.2, -0.15) is 0 Å². The standard InChI is InChI=1S/C18H30BrNO/c1-4-5-6-7-8-9-10-11-21-18-15(2)12-17(19)13-16(18)14-20-3/h12-13,20H,4-11,14H2,1-3H3. The van der Waals surface area contributed by atoms with Gasteiger partial charge in [0.1, 0.15) is 5.75 Å². The first-order valence-corrected chi connectivity index (χ1v) is 9.04. The van der Waals surface area contributed by atoms with Gasteiger partial charge in [-0.15, -0.1) is 0 Å². The molecule has 1 N–H and O–H groups in total. The first-order valence-electron chi connectivity index (χ1n) is 8.25. The lowest BCUT2D eigenvalue weighted by Gasteiger charge is -2.15. The van der Waals surface area contributed by atoms with E-state index in [-0.39, 0.29) is 0 Å². The van der Waals surface area contributed by atoms with Crippen LogP contribution in [0, 0.1) is 6.92 Å². The van der Waals surface area contributed by atoms with Gasteiger partial charge in [0.2, 0.25) is 0 Å². The lowest BCUT2D eigenvalue weighted by atomic mass is 10.1. The fourth-order valence-corrected chi connectivity index (χ4v) is 3.18. The number of aryl methyl sites for hydroxylation is 1. The van der Waals surface area contributed by atoms with E-state index in [2.05, 4.69) is 47.2 Å². The van der Waals surface area contributed by atoms with Crippen molar-refractivity contribution >= 4 is 15.9 Å². The molecule has 0 unspecified atom stereocenters. The lowest BCUT2D eigenvalue weighted by Crippen LogP contribution is -2.09. The molecule has 3 heteroatoms. The van der Waals surface area contributed by atoms with Crippen molar-refractivity contribution in [2.24, 2.45) is 0 Å². The van der Waals surface area contributed by atoms with Crippen LogP contribution in [0.2, 0.25) is 0 Å². The number of benzene rings is 1. The molecule has 0 aliphatic carbocycles. The van der Waals surface area contributed by atoms with E-state index in [1.165, 1.54) is 49.7 Å². The average molecular weight is 356 g/mol. The van der Waals surface area contributed by atoms with Crippen LogP contribution in [-0.4, -0.2) is 13.7 Å². The summed E-state index contributed by atoms with van der Waals surface area (Å²) in [6, 6.07) is 4.27. The third-order valence-electron chi connectivity index (χ3n) is 3.68. The third kappa shape index (κ3) is 7.32. The van der Waals surface area contributed by atoms with Crippen LogP contribution in [-0.2, 0) is 6.54 Å². The summed E-state index contributed by atoms with van der Waals surface area (Å²) >= 11 is 3.56. The van der Waals surface area contributed by atoms with Crippen molar-refractivity contribution in [2.45, 2.75) is 65.3 Å². The summed E-state index contributed by atoms with van der Waals surface area (Å²) < 4.78 is 7.16. The van der Waals surface area contributed by atoms with Crippen molar-refractivity contribution in [3.05, 3.63) is 27.7 Å². The Balaban J connectivity index is 2.34. The van der Waals surface area contributed by atoms with Crippen LogP contribution < -0.4 is 10.1 Å². The Bertz CT molecular complexity index is 406. The summed E-state index contributed by atoms with van der Waals surface area (Å²) in [6.45, 7) is 6.04. The van der Waals surface area contributed by atoms with Crippen molar-refractivity contribution in [3.8, 4) is 5.75 Å². The highest BCUT2D eigenvalue weighted by Crippen LogP contribution is 2.28. The number of ether oxygens (including phenoxy) is 1. The molecular formula is C18H30BrNO. The Labute approximate surface area is 138 Å². The van der Waals surface area contributed by atoms with Gasteiger partial charge in [-0.05, 0) is 38.1 Å². The van der Waals surface area contributed by atoms with E-state index in [0.717, 1.165) is 29.8 Å². The minimum Gasteiger partial charge on any atom is -0.493 e. The van der Waals surface area contributed by atoms with Crippen LogP contribution in [0.1, 0.15) is 63.0 Å². The smallest absolute Gasteiger partial charge is 0.126 e. The molecule has 0 bridgehead atoms. The number of hydrogen-bond donors (Lipinski definition) is 1. The minimum absolute atomic E-state index is 0.826. The second-order valence-corrected chi connectivity index (χ2v) is 6.63. The van der Waals surface area contributed by atoms with E-state index in [4.69, 9.17) is 4.74 Å². The highest BCUT2D eigenvalue weighted by molar-refractivity contribution is 9.10. The second kappa shape index (κ2) is 11.1. The van der Waals surface area contributed by atoms with Gasteiger partial charge in [-0.25, -0.2) is 0 Å². The fraction of sp³-hybridized carbons (Fsp3) is 0.667. The van der Waals surface area contributed by atoms with Gasteiger partial charge in [-0.1, -0.05) is 61.4 Å². The lowest BCUT2D eigenvalue weighted by molar-refractivity contribution is 0.299. The molecule has 21 heavy (non-hydrogen) atoms. The summed E-state index contributed by atoms with van der Waals surface area (Å²) in [7, 11) is 1.97. The van der Waals surface area contributed by atoms with Crippen LogP contribution in [0.25, 0.3) is 0 Å². The summed E-state index contributed by atoms with van der Waals surface area (Å²) in [4.78, 5) is 0. The fourth-order valence-electron chi connectivity index (χ4n) is 2.56. The molecule has 0 saturated carbocycles. The highest BCUT2D eigenvalue weighted by atomic mass is 79.9. The number of halogens is 1. The molecule has 0 fully saturated rings. The van der Waals surface area contributed by atoms with Gasteiger partial charge in [0, 0.05) is 16.6 Å². The monoisotopic (exact) mass is 355 g/mol. The van der Waals surface area contributed by atoms with E-state index in [1.54, 1.807) is 0 Å². The molecule has 0 aromatic heterocycles. The first kappa shape index (κ1) is 18.5. The molecule has 0 heterocycles. The van der Waals surface area contributed by atoms with Crippen LogP contribution in [0.5, 0.6) is 5.75 Å². The summed E-state index contributed by atoms with van der Waals surface area (Å²) in [6.07, 6.45) is 9.22. The second-order valence-electron chi connectivity index (χ2n) is 5.71. The van der Waals surface area contributed by atoms with Gasteiger partial charge in [0.15, 0.2) is 0 Å². The highest BCUT2D eigenvalue weighted by Gasteiger charge is 2.08. The SMILES string of the molecule is CCCCCCCCCOc1c(C)cc(Br)cc1CNC. The largest absolute Gasteiger partial charge is 0.493 e. The molecule has 2 nitrogen and oxygen atoms in total. The van der Waals surface area contributed by atoms with Crippen LogP contribution >= 0.6 is 15.9 Å². The molecule has 1 aromatic rings. The normalized spacial score (nSPS) is 10.9. The summed E-state index contributed by atoms with van der Waals surface area (Å²) in [5.41, 5.74) is 2.44. The van der Waals surface area contributed by atoms with Crippen molar-refractivity contribution in [1.29, 1.82) is 0 Å². The maximum absolute atomic E-state index is 6.04. The molecule has 1 aromatic carbocycles. The van der Waals surface area contributed by atoms with Gasteiger partial charge < -0.3 is 10.1 Å². The quantitative estimate of drug-likeness (QED) is 0.521. The maximum Gasteiger partial charge on any atom is 0.126 e. The van der Waals surface area contributed by atoms with Crippen LogP contribution in [0.4, 0.5) is 0 Å². The predicted molar refractivity (Wildman–Crippen MR) is 95.1 cm³/mol. The van der Waals surface area contributed by atoms with E-state index in [9.17, 15) is 0 Å². The van der Waals surface area contributed by atoms with Gasteiger partial charge >= 0.3 is 0 Å². The predicted octanol–water partition coefficient (Wildman–Crippen LogP) is 5.61. The summed E-state index contributed by atoms with van der Waals surface area (Å²) in [5, 5.41) is 3.21. The first-order chi connectivity index (χ1) is 10.2. The van der Waals surface area contributed by atoms with E-state index >= 15 is 0 Å². The zero-order chi connectivity index (χ0) is 15.5. The zero-order valence-electron chi connectivity index (χ0n) is 13.8. The van der Waals surface area contributed by atoms with E-state index in [1.807, 2.05) is 7.05 Å². The number of rotatable bonds is 11. The molecule has 0 aliphatic rings. The Hall–Kier alpha value is -0.540. The van der Waals surface area contributed by atoms with Gasteiger partial charge in [0.25, 0.3) is 0 Å². The molecule has 0 radical (unpaired) electrons. The average Bonchev–Trinajstić information content (AvgIpc) is 2.44. The molecule has 120 valence electrons. The number of hydrogen-bond acceptors (Lipinski definition) is 2. The van der Waals surface area contributed by atoms with Crippen molar-refractivity contribution in [3.63, 3.8) is 0 Å². The maximum atomic E-state index is 6.04. The van der Waals surface area contributed by atoms with E-state index in [0.29, 0.717) is 0 Å². The summed E-state index contributed by atoms with van der Waals surface area (Å²) in [5.74, 6) is 1.05. The Morgan fingerprint density at radius 1 is 1.05 bits per heavy atom. The Morgan fingerprint density at radius 3 is 2.38 bits per heavy atom. The van der Waals surface area contributed by atoms with Crippen molar-refractivity contribution in [1.82, 2.24) is 5.32 Å². The Morgan fingerprint density at radius 2 is 1.71 bits per heavy atom. The molecule has 0 spiro atoms. The molecule has 0 aliphatic heterocycles. The molecule has 0 saturated heterocycles. The third-order valence-corrected chi connectivity index (χ3v) is 4.14. The molecule has 0 amide bonds. The number of unbranched alkanes of at least 4 members (excludes halogenated alkanes) is 6. The topological polar surface area (TPSA) is 21.3 Å². The Kier molecular flexibility index (Phi) is 9.77. The zero-order valence-corrected chi connectivity index (χ0v) is 15.4. The minimum atomic E-state index is 0.826. The van der Waals surface area contributed by atoms with Gasteiger partial charge in [-0.3, -0.25) is 0 Å². The van der Waals surface area contributed by atoms with E-state index < -0.39 is 0 Å². The molecular weight excluding hydrogens is 326 g/mol. The van der Waals surface area contributed by atoms with Gasteiger partial charge in [0.05, 0.1) is 6.61 Å². The van der Waals surface area contributed by atoms with Crippen LogP contribution in [0.3, 0.4) is 0 Å². The van der Waals surface area contributed by atoms with Crippen molar-refractivity contribution < 1.29 is 4.74 Å². The molecule has 0 atom stereocenters. The van der Waals surface area contributed by atoms with Crippen LogP contribution in [0.15, 0.2) is 16.6 Å². The number of nitrogens with one attached hydrogen (secondary N) is 1. The van der Waals surface area contributed by atoms with Crippen molar-refractivity contribution in [2.75, 3.05) is 13.7 Å².